The Labute approximate surface area is 190 Å². The summed E-state index contributed by atoms with van der Waals surface area (Å²) in [6, 6.07) is 13.3. The molecule has 0 N–H and O–H groups in total. The normalized spacial score (nSPS) is 14.8. The van der Waals surface area contributed by atoms with Crippen LogP contribution in [-0.2, 0) is 14.3 Å². The van der Waals surface area contributed by atoms with Crippen LogP contribution < -0.4 is 0 Å². The molecule has 8 nitrogen and oxygen atoms in total. The number of carbonyl (C=O) groups excluding carboxylic acids is 3. The third kappa shape index (κ3) is 4.57. The first kappa shape index (κ1) is 21.8. The number of amides is 2. The number of para-hydroxylation sites is 1. The molecular weight excluding hydrogens is 428 g/mol. The predicted octanol–water partition coefficient (Wildman–Crippen LogP) is 2.84. The minimum Gasteiger partial charge on any atom is -0.449 e. The Kier molecular flexibility index (Phi) is 6.36. The number of esters is 1. The highest BCUT2D eigenvalue weighted by atomic mass is 32.1. The molecular formula is C23H24N4O4S. The van der Waals surface area contributed by atoms with Crippen LogP contribution in [0.25, 0.3) is 16.3 Å². The molecule has 166 valence electrons. The predicted molar refractivity (Wildman–Crippen MR) is 121 cm³/mol. The zero-order valence-corrected chi connectivity index (χ0v) is 18.7. The SMILES string of the molecule is CC(=O)N1CCN(C(=O)C(C)OC(=O)c2cn(-c3ccccc3)nc2-c2cccs2)CC1. The van der Waals surface area contributed by atoms with E-state index in [4.69, 9.17) is 4.74 Å². The van der Waals surface area contributed by atoms with E-state index in [1.807, 2.05) is 47.8 Å². The minimum atomic E-state index is -0.942. The lowest BCUT2D eigenvalue weighted by Gasteiger charge is -2.35. The maximum atomic E-state index is 13.0. The summed E-state index contributed by atoms with van der Waals surface area (Å²) < 4.78 is 7.19. The van der Waals surface area contributed by atoms with Crippen molar-refractivity contribution in [3.05, 3.63) is 59.6 Å². The molecule has 3 heterocycles. The molecule has 4 rings (SSSR count). The van der Waals surface area contributed by atoms with Gasteiger partial charge in [-0.05, 0) is 30.5 Å². The van der Waals surface area contributed by atoms with Crippen molar-refractivity contribution in [2.45, 2.75) is 20.0 Å². The van der Waals surface area contributed by atoms with Gasteiger partial charge in [0.1, 0.15) is 11.3 Å². The van der Waals surface area contributed by atoms with E-state index < -0.39 is 12.1 Å². The number of thiophene rings is 1. The first-order chi connectivity index (χ1) is 15.4. The van der Waals surface area contributed by atoms with Crippen LogP contribution in [0, 0.1) is 0 Å². The van der Waals surface area contributed by atoms with Crippen molar-refractivity contribution in [3.63, 3.8) is 0 Å². The maximum absolute atomic E-state index is 13.0. The van der Waals surface area contributed by atoms with E-state index >= 15 is 0 Å². The molecule has 1 saturated heterocycles. The number of hydrogen-bond acceptors (Lipinski definition) is 6. The molecule has 0 aliphatic carbocycles. The summed E-state index contributed by atoms with van der Waals surface area (Å²) in [6.07, 6.45) is 0.692. The summed E-state index contributed by atoms with van der Waals surface area (Å²) in [5.41, 5.74) is 1.64. The molecule has 0 saturated carbocycles. The van der Waals surface area contributed by atoms with Crippen LogP contribution in [0.2, 0.25) is 0 Å². The van der Waals surface area contributed by atoms with Crippen molar-refractivity contribution >= 4 is 29.1 Å². The van der Waals surface area contributed by atoms with Crippen LogP contribution in [0.4, 0.5) is 0 Å². The number of ether oxygens (including phenoxy) is 1. The van der Waals surface area contributed by atoms with E-state index in [0.717, 1.165) is 10.6 Å². The van der Waals surface area contributed by atoms with Gasteiger partial charge in [0.25, 0.3) is 5.91 Å². The van der Waals surface area contributed by atoms with Gasteiger partial charge >= 0.3 is 5.97 Å². The molecule has 1 atom stereocenters. The summed E-state index contributed by atoms with van der Waals surface area (Å²) in [5.74, 6) is -0.874. The van der Waals surface area contributed by atoms with Crippen LogP contribution in [0.3, 0.4) is 0 Å². The van der Waals surface area contributed by atoms with Gasteiger partial charge in [-0.1, -0.05) is 24.3 Å². The van der Waals surface area contributed by atoms with Crippen molar-refractivity contribution in [1.29, 1.82) is 0 Å². The number of benzene rings is 1. The summed E-state index contributed by atoms with van der Waals surface area (Å²) in [5, 5.41) is 6.52. The van der Waals surface area contributed by atoms with Gasteiger partial charge in [-0.25, -0.2) is 9.48 Å². The highest BCUT2D eigenvalue weighted by molar-refractivity contribution is 7.13. The molecule has 0 bridgehead atoms. The number of nitrogens with zero attached hydrogens (tertiary/aromatic N) is 4. The fraction of sp³-hybridized carbons (Fsp3) is 0.304. The van der Waals surface area contributed by atoms with Crippen molar-refractivity contribution in [3.8, 4) is 16.3 Å². The maximum Gasteiger partial charge on any atom is 0.342 e. The van der Waals surface area contributed by atoms with E-state index in [-0.39, 0.29) is 11.8 Å². The quantitative estimate of drug-likeness (QED) is 0.556. The van der Waals surface area contributed by atoms with Gasteiger partial charge in [-0.2, -0.15) is 5.10 Å². The second kappa shape index (κ2) is 9.35. The Morgan fingerprint density at radius 1 is 1.00 bits per heavy atom. The molecule has 1 aliphatic rings. The molecule has 2 aromatic heterocycles. The average Bonchev–Trinajstić information content (AvgIpc) is 3.49. The summed E-state index contributed by atoms with van der Waals surface area (Å²) in [7, 11) is 0. The number of piperazine rings is 1. The van der Waals surface area contributed by atoms with Gasteiger partial charge in [0.15, 0.2) is 6.10 Å². The highest BCUT2D eigenvalue weighted by Gasteiger charge is 2.29. The molecule has 3 aromatic rings. The Hall–Kier alpha value is -3.46. The largest absolute Gasteiger partial charge is 0.449 e. The molecule has 1 unspecified atom stereocenters. The molecule has 2 amide bonds. The van der Waals surface area contributed by atoms with Gasteiger partial charge in [-0.15, -0.1) is 11.3 Å². The molecule has 1 aromatic carbocycles. The van der Waals surface area contributed by atoms with Crippen molar-refractivity contribution in [2.75, 3.05) is 26.2 Å². The van der Waals surface area contributed by atoms with E-state index in [0.29, 0.717) is 37.4 Å². The second-order valence-electron chi connectivity index (χ2n) is 7.53. The third-order valence-corrected chi connectivity index (χ3v) is 6.25. The molecule has 0 spiro atoms. The number of aromatic nitrogens is 2. The zero-order valence-electron chi connectivity index (χ0n) is 17.9. The topological polar surface area (TPSA) is 84.7 Å². The molecule has 0 radical (unpaired) electrons. The van der Waals surface area contributed by atoms with Crippen molar-refractivity contribution < 1.29 is 19.1 Å². The summed E-state index contributed by atoms with van der Waals surface area (Å²) in [4.78, 5) is 41.5. The fourth-order valence-corrected chi connectivity index (χ4v) is 4.33. The molecule has 1 fully saturated rings. The lowest BCUT2D eigenvalue weighted by molar-refractivity contribution is -0.144. The Balaban J connectivity index is 1.51. The smallest absolute Gasteiger partial charge is 0.342 e. The summed E-state index contributed by atoms with van der Waals surface area (Å²) >= 11 is 1.48. The van der Waals surface area contributed by atoms with E-state index in [9.17, 15) is 14.4 Å². The first-order valence-electron chi connectivity index (χ1n) is 10.4. The van der Waals surface area contributed by atoms with Crippen molar-refractivity contribution in [2.24, 2.45) is 0 Å². The highest BCUT2D eigenvalue weighted by Crippen LogP contribution is 2.28. The Morgan fingerprint density at radius 3 is 2.31 bits per heavy atom. The standard InChI is InChI=1S/C23H24N4O4S/c1-16(22(29)26-12-10-25(11-13-26)17(2)28)31-23(30)19-15-27(18-7-4-3-5-8-18)24-21(19)20-9-6-14-32-20/h3-9,14-16H,10-13H2,1-2H3. The second-order valence-corrected chi connectivity index (χ2v) is 8.48. The van der Waals surface area contributed by atoms with Gasteiger partial charge in [-0.3, -0.25) is 9.59 Å². The number of rotatable bonds is 5. The van der Waals surface area contributed by atoms with Crippen molar-refractivity contribution in [1.82, 2.24) is 19.6 Å². The Bertz CT molecular complexity index is 1100. The third-order valence-electron chi connectivity index (χ3n) is 5.38. The lowest BCUT2D eigenvalue weighted by atomic mass is 10.2. The molecule has 9 heteroatoms. The molecule has 1 aliphatic heterocycles. The minimum absolute atomic E-state index is 0.00638. The fourth-order valence-electron chi connectivity index (χ4n) is 3.60. The summed E-state index contributed by atoms with van der Waals surface area (Å²) in [6.45, 7) is 4.90. The zero-order chi connectivity index (χ0) is 22.7. The first-order valence-corrected chi connectivity index (χ1v) is 11.3. The molecule has 32 heavy (non-hydrogen) atoms. The van der Waals surface area contributed by atoms with Gasteiger partial charge in [0, 0.05) is 39.3 Å². The lowest BCUT2D eigenvalue weighted by Crippen LogP contribution is -2.52. The van der Waals surface area contributed by atoms with Gasteiger partial charge < -0.3 is 14.5 Å². The van der Waals surface area contributed by atoms with E-state index in [1.165, 1.54) is 18.3 Å². The average molecular weight is 453 g/mol. The van der Waals surface area contributed by atoms with E-state index in [1.54, 1.807) is 27.6 Å². The van der Waals surface area contributed by atoms with Crippen LogP contribution in [-0.4, -0.2) is 69.6 Å². The van der Waals surface area contributed by atoms with Crippen LogP contribution in [0.1, 0.15) is 24.2 Å². The van der Waals surface area contributed by atoms with Crippen LogP contribution in [0.5, 0.6) is 0 Å². The monoisotopic (exact) mass is 452 g/mol. The number of carbonyl (C=O) groups is 3. The van der Waals surface area contributed by atoms with Crippen LogP contribution in [0.15, 0.2) is 54.0 Å². The Morgan fingerprint density at radius 2 is 1.69 bits per heavy atom. The van der Waals surface area contributed by atoms with E-state index in [2.05, 4.69) is 5.10 Å². The van der Waals surface area contributed by atoms with Crippen LogP contribution >= 0.6 is 11.3 Å². The number of hydrogen-bond donors (Lipinski definition) is 0. The van der Waals surface area contributed by atoms with Gasteiger partial charge in [0.05, 0.1) is 10.6 Å². The van der Waals surface area contributed by atoms with Gasteiger partial charge in [0.2, 0.25) is 5.91 Å².